The Morgan fingerprint density at radius 2 is 2.00 bits per heavy atom. The number of nitrogens with one attached hydrogen (secondary N) is 1. The molecule has 0 aromatic carbocycles. The number of carbonyl (C=O) groups is 1. The Balaban J connectivity index is 1.53. The van der Waals surface area contributed by atoms with Gasteiger partial charge in [0.25, 0.3) is 0 Å². The monoisotopic (exact) mass is 267 g/mol. The highest BCUT2D eigenvalue weighted by Gasteiger charge is 2.36. The molecule has 3 rings (SSSR count). The SMILES string of the molecule is CC1CCC(CN2CCN(C3CCNCC3)C2=O)O1. The first-order valence-electron chi connectivity index (χ1n) is 7.66. The van der Waals surface area contributed by atoms with Gasteiger partial charge in [0, 0.05) is 25.7 Å². The summed E-state index contributed by atoms with van der Waals surface area (Å²) in [6, 6.07) is 0.678. The van der Waals surface area contributed by atoms with Crippen LogP contribution in [0.15, 0.2) is 0 Å². The molecule has 2 unspecified atom stereocenters. The van der Waals surface area contributed by atoms with E-state index >= 15 is 0 Å². The Kier molecular flexibility index (Phi) is 3.93. The summed E-state index contributed by atoms with van der Waals surface area (Å²) < 4.78 is 5.83. The summed E-state index contributed by atoms with van der Waals surface area (Å²) in [4.78, 5) is 16.5. The third-order valence-corrected chi connectivity index (χ3v) is 4.62. The molecule has 5 heteroatoms. The fourth-order valence-corrected chi connectivity index (χ4v) is 3.49. The van der Waals surface area contributed by atoms with E-state index in [-0.39, 0.29) is 12.1 Å². The number of carbonyl (C=O) groups excluding carboxylic acids is 1. The predicted molar refractivity (Wildman–Crippen MR) is 73.1 cm³/mol. The molecular weight excluding hydrogens is 242 g/mol. The van der Waals surface area contributed by atoms with Crippen molar-refractivity contribution in [3.8, 4) is 0 Å². The highest BCUT2D eigenvalue weighted by Crippen LogP contribution is 2.23. The van der Waals surface area contributed by atoms with E-state index in [1.165, 1.54) is 0 Å². The van der Waals surface area contributed by atoms with Gasteiger partial charge in [0.2, 0.25) is 0 Å². The van der Waals surface area contributed by atoms with Crippen LogP contribution in [-0.2, 0) is 4.74 Å². The summed E-state index contributed by atoms with van der Waals surface area (Å²) in [5.74, 6) is 0. The number of amides is 2. The molecule has 3 saturated heterocycles. The third kappa shape index (κ3) is 2.87. The molecule has 0 saturated carbocycles. The van der Waals surface area contributed by atoms with Gasteiger partial charge in [-0.2, -0.15) is 0 Å². The largest absolute Gasteiger partial charge is 0.373 e. The topological polar surface area (TPSA) is 44.8 Å². The van der Waals surface area contributed by atoms with Crippen molar-refractivity contribution in [1.82, 2.24) is 15.1 Å². The van der Waals surface area contributed by atoms with Crippen molar-refractivity contribution in [3.05, 3.63) is 0 Å². The zero-order valence-corrected chi connectivity index (χ0v) is 11.8. The van der Waals surface area contributed by atoms with E-state index in [4.69, 9.17) is 4.74 Å². The van der Waals surface area contributed by atoms with E-state index in [9.17, 15) is 4.79 Å². The van der Waals surface area contributed by atoms with E-state index in [2.05, 4.69) is 17.1 Å². The highest BCUT2D eigenvalue weighted by molar-refractivity contribution is 5.77. The molecule has 3 fully saturated rings. The second kappa shape index (κ2) is 5.67. The lowest BCUT2D eigenvalue weighted by molar-refractivity contribution is 0.0403. The number of hydrogen-bond donors (Lipinski definition) is 1. The van der Waals surface area contributed by atoms with Crippen molar-refractivity contribution in [2.24, 2.45) is 0 Å². The quantitative estimate of drug-likeness (QED) is 0.831. The first-order valence-corrected chi connectivity index (χ1v) is 7.66. The lowest BCUT2D eigenvalue weighted by atomic mass is 10.1. The molecule has 2 amide bonds. The van der Waals surface area contributed by atoms with E-state index in [1.54, 1.807) is 0 Å². The number of nitrogens with zero attached hydrogens (tertiary/aromatic N) is 2. The molecule has 0 spiro atoms. The van der Waals surface area contributed by atoms with Gasteiger partial charge in [-0.05, 0) is 45.7 Å². The number of piperidine rings is 1. The van der Waals surface area contributed by atoms with Gasteiger partial charge in [-0.3, -0.25) is 0 Å². The molecule has 5 nitrogen and oxygen atoms in total. The van der Waals surface area contributed by atoms with Crippen LogP contribution in [0.4, 0.5) is 4.79 Å². The van der Waals surface area contributed by atoms with Crippen LogP contribution in [-0.4, -0.2) is 66.8 Å². The fraction of sp³-hybridized carbons (Fsp3) is 0.929. The number of rotatable bonds is 3. The van der Waals surface area contributed by atoms with Gasteiger partial charge in [-0.25, -0.2) is 4.79 Å². The van der Waals surface area contributed by atoms with Crippen LogP contribution >= 0.6 is 0 Å². The molecule has 108 valence electrons. The maximum Gasteiger partial charge on any atom is 0.320 e. The molecule has 0 radical (unpaired) electrons. The Hall–Kier alpha value is -0.810. The molecule has 0 bridgehead atoms. The first-order chi connectivity index (χ1) is 9.24. The molecule has 0 aromatic heterocycles. The molecule has 0 aromatic rings. The standard InChI is InChI=1S/C14H25N3O2/c1-11-2-3-13(19-11)10-16-8-9-17(14(16)18)12-4-6-15-7-5-12/h11-13,15H,2-10H2,1H3. The third-order valence-electron chi connectivity index (χ3n) is 4.62. The van der Waals surface area contributed by atoms with Gasteiger partial charge in [0.15, 0.2) is 0 Å². The average molecular weight is 267 g/mol. The van der Waals surface area contributed by atoms with E-state index in [1.807, 2.05) is 4.90 Å². The maximum absolute atomic E-state index is 12.4. The molecule has 3 aliphatic rings. The molecule has 3 aliphatic heterocycles. The maximum atomic E-state index is 12.4. The Labute approximate surface area is 115 Å². The van der Waals surface area contributed by atoms with Crippen LogP contribution in [0.1, 0.15) is 32.6 Å². The van der Waals surface area contributed by atoms with Gasteiger partial charge >= 0.3 is 6.03 Å². The summed E-state index contributed by atoms with van der Waals surface area (Å²) in [5, 5.41) is 3.36. The van der Waals surface area contributed by atoms with Crippen molar-refractivity contribution in [3.63, 3.8) is 0 Å². The number of hydrogen-bond acceptors (Lipinski definition) is 3. The Bertz CT molecular complexity index is 331. The van der Waals surface area contributed by atoms with Crippen LogP contribution < -0.4 is 5.32 Å². The van der Waals surface area contributed by atoms with Crippen molar-refractivity contribution >= 4 is 6.03 Å². The van der Waals surface area contributed by atoms with Crippen LogP contribution in [0.25, 0.3) is 0 Å². The minimum absolute atomic E-state index is 0.232. The van der Waals surface area contributed by atoms with Gasteiger partial charge in [0.1, 0.15) is 0 Å². The van der Waals surface area contributed by atoms with E-state index in [0.717, 1.165) is 58.4 Å². The fourth-order valence-electron chi connectivity index (χ4n) is 3.49. The number of urea groups is 1. The van der Waals surface area contributed by atoms with Crippen molar-refractivity contribution < 1.29 is 9.53 Å². The van der Waals surface area contributed by atoms with Gasteiger partial charge in [-0.1, -0.05) is 0 Å². The second-order valence-corrected chi connectivity index (χ2v) is 6.05. The summed E-state index contributed by atoms with van der Waals surface area (Å²) in [6.45, 7) is 6.75. The summed E-state index contributed by atoms with van der Waals surface area (Å²) >= 11 is 0. The van der Waals surface area contributed by atoms with Gasteiger partial charge in [0.05, 0.1) is 12.2 Å². The first kappa shape index (κ1) is 13.2. The second-order valence-electron chi connectivity index (χ2n) is 6.05. The van der Waals surface area contributed by atoms with E-state index in [0.29, 0.717) is 12.1 Å². The van der Waals surface area contributed by atoms with Crippen molar-refractivity contribution in [2.75, 3.05) is 32.7 Å². The average Bonchev–Trinajstić information content (AvgIpc) is 2.99. The molecule has 2 atom stereocenters. The Morgan fingerprint density at radius 1 is 1.21 bits per heavy atom. The minimum atomic E-state index is 0.232. The van der Waals surface area contributed by atoms with E-state index < -0.39 is 0 Å². The molecule has 0 aliphatic carbocycles. The number of ether oxygens (including phenoxy) is 1. The highest BCUT2D eigenvalue weighted by atomic mass is 16.5. The van der Waals surface area contributed by atoms with Crippen LogP contribution in [0.3, 0.4) is 0 Å². The predicted octanol–water partition coefficient (Wildman–Crippen LogP) is 1.04. The summed E-state index contributed by atoms with van der Waals surface area (Å²) in [7, 11) is 0. The molecule has 1 N–H and O–H groups in total. The van der Waals surface area contributed by atoms with Gasteiger partial charge < -0.3 is 19.9 Å². The zero-order valence-electron chi connectivity index (χ0n) is 11.8. The minimum Gasteiger partial charge on any atom is -0.373 e. The normalized spacial score (nSPS) is 33.4. The molecule has 3 heterocycles. The lowest BCUT2D eigenvalue weighted by Crippen LogP contribution is -2.45. The van der Waals surface area contributed by atoms with Crippen LogP contribution in [0.2, 0.25) is 0 Å². The van der Waals surface area contributed by atoms with Gasteiger partial charge in [-0.15, -0.1) is 0 Å². The molecule has 19 heavy (non-hydrogen) atoms. The van der Waals surface area contributed by atoms with Crippen molar-refractivity contribution in [1.29, 1.82) is 0 Å². The van der Waals surface area contributed by atoms with Crippen LogP contribution in [0.5, 0.6) is 0 Å². The molecular formula is C14H25N3O2. The lowest BCUT2D eigenvalue weighted by Gasteiger charge is -2.31. The summed E-state index contributed by atoms with van der Waals surface area (Å²) in [5.41, 5.74) is 0. The zero-order chi connectivity index (χ0) is 13.2. The van der Waals surface area contributed by atoms with Crippen LogP contribution in [0, 0.1) is 0 Å². The smallest absolute Gasteiger partial charge is 0.320 e. The Morgan fingerprint density at radius 3 is 2.68 bits per heavy atom. The van der Waals surface area contributed by atoms with Crippen molar-refractivity contribution in [2.45, 2.75) is 50.9 Å². The summed E-state index contributed by atoms with van der Waals surface area (Å²) in [6.07, 6.45) is 5.03.